The van der Waals surface area contributed by atoms with E-state index in [1.807, 2.05) is 6.07 Å². The number of nitrogens with zero attached hydrogens (tertiary/aromatic N) is 7. The summed E-state index contributed by atoms with van der Waals surface area (Å²) in [5.74, 6) is 1.61. The lowest BCUT2D eigenvalue weighted by atomic mass is 10.2. The fourth-order valence-electron chi connectivity index (χ4n) is 2.93. The van der Waals surface area contributed by atoms with Crippen LogP contribution in [0.2, 0.25) is 0 Å². The minimum Gasteiger partial charge on any atom is -0.352 e. The Labute approximate surface area is 156 Å². The van der Waals surface area contributed by atoms with Gasteiger partial charge in [-0.1, -0.05) is 18.2 Å². The zero-order chi connectivity index (χ0) is 18.5. The molecule has 27 heavy (non-hydrogen) atoms. The quantitative estimate of drug-likeness (QED) is 0.731. The van der Waals surface area contributed by atoms with Crippen LogP contribution >= 0.6 is 0 Å². The van der Waals surface area contributed by atoms with Crippen molar-refractivity contribution in [2.45, 2.75) is 6.54 Å². The highest BCUT2D eigenvalue weighted by molar-refractivity contribution is 5.43. The van der Waals surface area contributed by atoms with Gasteiger partial charge < -0.3 is 15.1 Å². The number of benzene rings is 1. The summed E-state index contributed by atoms with van der Waals surface area (Å²) in [6, 6.07) is 8.43. The zero-order valence-corrected chi connectivity index (χ0v) is 14.7. The predicted molar refractivity (Wildman–Crippen MR) is 100 cm³/mol. The monoisotopic (exact) mass is 366 g/mol. The van der Waals surface area contributed by atoms with Gasteiger partial charge in [0, 0.05) is 50.7 Å². The number of nitrogens with one attached hydrogen (secondary N) is 1. The van der Waals surface area contributed by atoms with Gasteiger partial charge in [0.05, 0.1) is 6.20 Å². The van der Waals surface area contributed by atoms with E-state index in [1.165, 1.54) is 6.07 Å². The second kappa shape index (κ2) is 7.90. The number of aromatic nitrogens is 5. The van der Waals surface area contributed by atoms with Crippen molar-refractivity contribution in [3.63, 3.8) is 0 Å². The molecule has 0 amide bonds. The van der Waals surface area contributed by atoms with Crippen molar-refractivity contribution < 1.29 is 4.39 Å². The van der Waals surface area contributed by atoms with E-state index in [0.717, 1.165) is 37.9 Å². The smallest absolute Gasteiger partial charge is 0.244 e. The number of rotatable bonds is 5. The summed E-state index contributed by atoms with van der Waals surface area (Å²) in [6.07, 6.45) is 5.14. The van der Waals surface area contributed by atoms with Gasteiger partial charge >= 0.3 is 0 Å². The van der Waals surface area contributed by atoms with Crippen LogP contribution in [0.1, 0.15) is 5.56 Å². The molecule has 0 spiro atoms. The van der Waals surface area contributed by atoms with Crippen molar-refractivity contribution in [1.29, 1.82) is 0 Å². The molecule has 3 aromatic rings. The fourth-order valence-corrected chi connectivity index (χ4v) is 2.93. The minimum absolute atomic E-state index is 0.256. The first kappa shape index (κ1) is 17.1. The maximum absolute atomic E-state index is 13.7. The van der Waals surface area contributed by atoms with Crippen molar-refractivity contribution in [2.24, 2.45) is 0 Å². The summed E-state index contributed by atoms with van der Waals surface area (Å²) in [6.45, 7) is 3.46. The molecule has 1 fully saturated rings. The molecule has 1 N–H and O–H groups in total. The van der Waals surface area contributed by atoms with Crippen LogP contribution in [-0.2, 0) is 6.54 Å². The van der Waals surface area contributed by atoms with Crippen molar-refractivity contribution in [3.05, 3.63) is 60.3 Å². The molecule has 0 bridgehead atoms. The molecule has 138 valence electrons. The summed E-state index contributed by atoms with van der Waals surface area (Å²) >= 11 is 0. The molecule has 1 saturated heterocycles. The van der Waals surface area contributed by atoms with Crippen LogP contribution in [0.3, 0.4) is 0 Å². The summed E-state index contributed by atoms with van der Waals surface area (Å²) in [5, 5.41) is 11.0. The Bertz CT molecular complexity index is 883. The third kappa shape index (κ3) is 4.08. The number of halogens is 1. The van der Waals surface area contributed by atoms with Crippen LogP contribution in [0, 0.1) is 5.82 Å². The van der Waals surface area contributed by atoms with Crippen molar-refractivity contribution >= 4 is 17.7 Å². The largest absolute Gasteiger partial charge is 0.352 e. The van der Waals surface area contributed by atoms with Crippen LogP contribution in [-0.4, -0.2) is 51.3 Å². The van der Waals surface area contributed by atoms with Crippen LogP contribution in [0.5, 0.6) is 0 Å². The van der Waals surface area contributed by atoms with E-state index in [2.05, 4.69) is 40.3 Å². The molecule has 9 heteroatoms. The molecule has 0 saturated carbocycles. The molecule has 3 heterocycles. The van der Waals surface area contributed by atoms with E-state index in [9.17, 15) is 4.39 Å². The van der Waals surface area contributed by atoms with Gasteiger partial charge in [0.1, 0.15) is 5.82 Å². The van der Waals surface area contributed by atoms with E-state index in [0.29, 0.717) is 18.1 Å². The first-order valence-corrected chi connectivity index (χ1v) is 8.73. The highest BCUT2D eigenvalue weighted by Crippen LogP contribution is 2.16. The summed E-state index contributed by atoms with van der Waals surface area (Å²) in [4.78, 5) is 17.4. The van der Waals surface area contributed by atoms with Gasteiger partial charge in [-0.3, -0.25) is 0 Å². The van der Waals surface area contributed by atoms with E-state index < -0.39 is 0 Å². The van der Waals surface area contributed by atoms with E-state index in [1.54, 1.807) is 36.8 Å². The fraction of sp³-hybridized carbons (Fsp3) is 0.278. The molecule has 1 aliphatic heterocycles. The summed E-state index contributed by atoms with van der Waals surface area (Å²) < 4.78 is 13.7. The molecule has 2 aromatic heterocycles. The predicted octanol–water partition coefficient (Wildman–Crippen LogP) is 1.74. The molecular weight excluding hydrogens is 347 g/mol. The zero-order valence-electron chi connectivity index (χ0n) is 14.7. The molecule has 1 aromatic carbocycles. The standard InChI is InChI=1S/C18H19FN8/c19-15-5-2-1-4-14(15)12-22-17-24-16(13-23-25-17)26-8-10-27(11-9-26)18-20-6-3-7-21-18/h1-7,13H,8-12H2,(H,22,24,25). The van der Waals surface area contributed by atoms with E-state index in [4.69, 9.17) is 0 Å². The highest BCUT2D eigenvalue weighted by atomic mass is 19.1. The van der Waals surface area contributed by atoms with Gasteiger partial charge in [-0.2, -0.15) is 10.1 Å². The lowest BCUT2D eigenvalue weighted by molar-refractivity contribution is 0.612. The highest BCUT2D eigenvalue weighted by Gasteiger charge is 2.20. The van der Waals surface area contributed by atoms with Crippen LogP contribution in [0.4, 0.5) is 22.1 Å². The van der Waals surface area contributed by atoms with Gasteiger partial charge in [0.2, 0.25) is 11.9 Å². The summed E-state index contributed by atoms with van der Waals surface area (Å²) in [7, 11) is 0. The van der Waals surface area contributed by atoms with Crippen LogP contribution in [0.15, 0.2) is 48.9 Å². The molecule has 1 aliphatic rings. The Morgan fingerprint density at radius 2 is 1.70 bits per heavy atom. The lowest BCUT2D eigenvalue weighted by Gasteiger charge is -2.35. The van der Waals surface area contributed by atoms with E-state index >= 15 is 0 Å². The van der Waals surface area contributed by atoms with Crippen molar-refractivity contribution in [3.8, 4) is 0 Å². The molecule has 0 unspecified atom stereocenters. The Balaban J connectivity index is 1.37. The Morgan fingerprint density at radius 1 is 0.963 bits per heavy atom. The molecule has 0 radical (unpaired) electrons. The van der Waals surface area contributed by atoms with Crippen LogP contribution < -0.4 is 15.1 Å². The molecule has 4 rings (SSSR count). The minimum atomic E-state index is -0.256. The number of anilines is 3. The van der Waals surface area contributed by atoms with Crippen molar-refractivity contribution in [2.75, 3.05) is 41.3 Å². The average Bonchev–Trinajstić information content (AvgIpc) is 2.74. The summed E-state index contributed by atoms with van der Waals surface area (Å²) in [5.41, 5.74) is 0.558. The number of hydrogen-bond donors (Lipinski definition) is 1. The molecule has 8 nitrogen and oxygen atoms in total. The molecular formula is C18H19FN8. The van der Waals surface area contributed by atoms with Gasteiger partial charge in [-0.15, -0.1) is 5.10 Å². The molecule has 0 aliphatic carbocycles. The van der Waals surface area contributed by atoms with Gasteiger partial charge in [-0.25, -0.2) is 14.4 Å². The maximum Gasteiger partial charge on any atom is 0.244 e. The second-order valence-corrected chi connectivity index (χ2v) is 6.11. The van der Waals surface area contributed by atoms with Gasteiger partial charge in [0.25, 0.3) is 0 Å². The van der Waals surface area contributed by atoms with Crippen molar-refractivity contribution in [1.82, 2.24) is 25.1 Å². The maximum atomic E-state index is 13.7. The Morgan fingerprint density at radius 3 is 2.48 bits per heavy atom. The first-order valence-electron chi connectivity index (χ1n) is 8.73. The lowest BCUT2D eigenvalue weighted by Crippen LogP contribution is -2.47. The average molecular weight is 366 g/mol. The van der Waals surface area contributed by atoms with E-state index in [-0.39, 0.29) is 5.82 Å². The Kier molecular flexibility index (Phi) is 4.99. The third-order valence-corrected chi connectivity index (χ3v) is 4.38. The van der Waals surface area contributed by atoms with Crippen LogP contribution in [0.25, 0.3) is 0 Å². The number of hydrogen-bond acceptors (Lipinski definition) is 8. The van der Waals surface area contributed by atoms with Gasteiger partial charge in [-0.05, 0) is 12.1 Å². The SMILES string of the molecule is Fc1ccccc1CNc1nncc(N2CCN(c3ncccn3)CC2)n1. The molecule has 0 atom stereocenters. The normalized spacial score (nSPS) is 14.3. The first-order chi connectivity index (χ1) is 13.3. The topological polar surface area (TPSA) is 83.0 Å². The third-order valence-electron chi connectivity index (χ3n) is 4.38. The Hall–Kier alpha value is -3.36. The van der Waals surface area contributed by atoms with Gasteiger partial charge in [0.15, 0.2) is 5.82 Å². The second-order valence-electron chi connectivity index (χ2n) is 6.11. The number of piperazine rings is 1.